The second-order valence-corrected chi connectivity index (χ2v) is 6.39. The van der Waals surface area contributed by atoms with Gasteiger partial charge in [-0.15, -0.1) is 0 Å². The third kappa shape index (κ3) is 4.80. The van der Waals surface area contributed by atoms with Gasteiger partial charge in [0.05, 0.1) is 9.85 Å². The number of benzene rings is 2. The van der Waals surface area contributed by atoms with Crippen LogP contribution in [0.5, 0.6) is 0 Å². The van der Waals surface area contributed by atoms with Gasteiger partial charge in [0.25, 0.3) is 17.3 Å². The van der Waals surface area contributed by atoms with E-state index in [4.69, 9.17) is 4.42 Å². The molecule has 0 fully saturated rings. The molecule has 0 aliphatic rings. The fourth-order valence-corrected chi connectivity index (χ4v) is 2.80. The number of hydrogen-bond acceptors (Lipinski definition) is 7. The fraction of sp³-hybridized carbons (Fsp3) is 0.0476. The Morgan fingerprint density at radius 3 is 2.42 bits per heavy atom. The maximum absolute atomic E-state index is 12.4. The quantitative estimate of drug-likeness (QED) is 0.265. The smallest absolute Gasteiger partial charge is 0.271 e. The number of anilines is 1. The first-order valence-electron chi connectivity index (χ1n) is 8.81. The molecule has 0 aliphatic heterocycles. The van der Waals surface area contributed by atoms with Gasteiger partial charge in [0.1, 0.15) is 23.2 Å². The molecular formula is C21H14N4O6. The minimum Gasteiger partial charge on any atom is -0.457 e. The first-order chi connectivity index (χ1) is 14.8. The van der Waals surface area contributed by atoms with Crippen LogP contribution in [0.15, 0.2) is 64.6 Å². The monoisotopic (exact) mass is 418 g/mol. The largest absolute Gasteiger partial charge is 0.457 e. The fourth-order valence-electron chi connectivity index (χ4n) is 2.80. The van der Waals surface area contributed by atoms with Crippen molar-refractivity contribution in [1.82, 2.24) is 0 Å². The van der Waals surface area contributed by atoms with Gasteiger partial charge < -0.3 is 9.73 Å². The number of amides is 1. The highest BCUT2D eigenvalue weighted by atomic mass is 16.6. The molecule has 10 heteroatoms. The van der Waals surface area contributed by atoms with Gasteiger partial charge in [0.15, 0.2) is 0 Å². The van der Waals surface area contributed by atoms with Crippen LogP contribution in [0.1, 0.15) is 11.3 Å². The Kier molecular flexibility index (Phi) is 5.88. The number of rotatable bonds is 6. The normalized spacial score (nSPS) is 10.9. The number of hydrogen-bond donors (Lipinski definition) is 1. The molecule has 1 heterocycles. The highest BCUT2D eigenvalue weighted by Crippen LogP contribution is 2.29. The van der Waals surface area contributed by atoms with Crippen molar-refractivity contribution in [2.45, 2.75) is 6.92 Å². The minimum absolute atomic E-state index is 0.0440. The van der Waals surface area contributed by atoms with Crippen molar-refractivity contribution in [2.24, 2.45) is 0 Å². The lowest BCUT2D eigenvalue weighted by Gasteiger charge is -2.04. The Balaban J connectivity index is 1.82. The van der Waals surface area contributed by atoms with Crippen molar-refractivity contribution in [3.8, 4) is 17.4 Å². The molecule has 0 saturated carbocycles. The van der Waals surface area contributed by atoms with Crippen LogP contribution in [0.3, 0.4) is 0 Å². The van der Waals surface area contributed by atoms with Crippen molar-refractivity contribution >= 4 is 29.0 Å². The van der Waals surface area contributed by atoms with E-state index in [-0.39, 0.29) is 28.4 Å². The molecule has 3 rings (SSSR count). The number of carbonyl (C=O) groups excluding carboxylic acids is 1. The molecule has 1 amide bonds. The number of furan rings is 1. The van der Waals surface area contributed by atoms with Crippen molar-refractivity contribution in [1.29, 1.82) is 5.26 Å². The third-order valence-corrected chi connectivity index (χ3v) is 4.28. The molecular weight excluding hydrogens is 404 g/mol. The van der Waals surface area contributed by atoms with E-state index in [9.17, 15) is 30.3 Å². The molecule has 3 aromatic rings. The van der Waals surface area contributed by atoms with Gasteiger partial charge >= 0.3 is 0 Å². The Morgan fingerprint density at radius 1 is 1.06 bits per heavy atom. The molecule has 10 nitrogen and oxygen atoms in total. The molecule has 154 valence electrons. The lowest BCUT2D eigenvalue weighted by atomic mass is 10.1. The first-order valence-corrected chi connectivity index (χ1v) is 8.81. The van der Waals surface area contributed by atoms with Gasteiger partial charge in [-0.1, -0.05) is 6.07 Å². The Hall–Kier alpha value is -4.78. The van der Waals surface area contributed by atoms with Crippen LogP contribution in [0.2, 0.25) is 0 Å². The number of nitrogens with one attached hydrogen (secondary N) is 1. The zero-order valence-corrected chi connectivity index (χ0v) is 16.1. The summed E-state index contributed by atoms with van der Waals surface area (Å²) in [6.45, 7) is 1.70. The summed E-state index contributed by atoms with van der Waals surface area (Å²) in [5.74, 6) is -0.124. The van der Waals surface area contributed by atoms with E-state index in [1.165, 1.54) is 42.5 Å². The second-order valence-electron chi connectivity index (χ2n) is 6.39. The molecule has 1 aromatic heterocycles. The van der Waals surface area contributed by atoms with E-state index in [0.717, 1.165) is 0 Å². The van der Waals surface area contributed by atoms with Crippen LogP contribution in [0, 0.1) is 38.5 Å². The molecule has 2 aromatic carbocycles. The van der Waals surface area contributed by atoms with Gasteiger partial charge in [-0.25, -0.2) is 0 Å². The third-order valence-electron chi connectivity index (χ3n) is 4.28. The van der Waals surface area contributed by atoms with Gasteiger partial charge in [-0.05, 0) is 36.8 Å². The summed E-state index contributed by atoms with van der Waals surface area (Å²) >= 11 is 0. The first kappa shape index (κ1) is 20.9. The van der Waals surface area contributed by atoms with E-state index < -0.39 is 15.8 Å². The van der Waals surface area contributed by atoms with E-state index in [0.29, 0.717) is 16.9 Å². The van der Waals surface area contributed by atoms with E-state index in [2.05, 4.69) is 5.32 Å². The highest BCUT2D eigenvalue weighted by molar-refractivity contribution is 6.09. The van der Waals surface area contributed by atoms with Crippen LogP contribution in [0.25, 0.3) is 17.4 Å². The van der Waals surface area contributed by atoms with Crippen molar-refractivity contribution in [3.05, 3.63) is 91.7 Å². The molecule has 31 heavy (non-hydrogen) atoms. The Bertz CT molecular complexity index is 1270. The average Bonchev–Trinajstić information content (AvgIpc) is 3.20. The van der Waals surface area contributed by atoms with Gasteiger partial charge in [-0.2, -0.15) is 5.26 Å². The maximum atomic E-state index is 12.4. The predicted molar refractivity (Wildman–Crippen MR) is 111 cm³/mol. The lowest BCUT2D eigenvalue weighted by molar-refractivity contribution is -0.385. The molecule has 0 unspecified atom stereocenters. The maximum Gasteiger partial charge on any atom is 0.271 e. The number of carbonyl (C=O) groups is 1. The van der Waals surface area contributed by atoms with E-state index in [1.807, 2.05) is 0 Å². The number of nitrogens with zero attached hydrogens (tertiary/aromatic N) is 3. The molecule has 0 saturated heterocycles. The molecule has 1 N–H and O–H groups in total. The topological polar surface area (TPSA) is 152 Å². The van der Waals surface area contributed by atoms with E-state index >= 15 is 0 Å². The van der Waals surface area contributed by atoms with Gasteiger partial charge in [0.2, 0.25) is 0 Å². The van der Waals surface area contributed by atoms with Gasteiger partial charge in [0, 0.05) is 41.6 Å². The van der Waals surface area contributed by atoms with Gasteiger partial charge in [-0.3, -0.25) is 25.0 Å². The van der Waals surface area contributed by atoms with Crippen molar-refractivity contribution in [2.75, 3.05) is 5.32 Å². The van der Waals surface area contributed by atoms with Crippen LogP contribution in [-0.2, 0) is 4.79 Å². The van der Waals surface area contributed by atoms with Crippen LogP contribution in [-0.4, -0.2) is 15.8 Å². The molecule has 0 bridgehead atoms. The van der Waals surface area contributed by atoms with Crippen LogP contribution >= 0.6 is 0 Å². The summed E-state index contributed by atoms with van der Waals surface area (Å²) in [5.41, 5.74) is 0.912. The number of aryl methyl sites for hydroxylation is 1. The van der Waals surface area contributed by atoms with Crippen molar-refractivity contribution in [3.63, 3.8) is 0 Å². The molecule has 0 aliphatic carbocycles. The number of non-ortho nitro benzene ring substituents is 2. The molecule has 0 radical (unpaired) electrons. The van der Waals surface area contributed by atoms with E-state index in [1.54, 1.807) is 31.2 Å². The van der Waals surface area contributed by atoms with Crippen molar-refractivity contribution < 1.29 is 19.1 Å². The average molecular weight is 418 g/mol. The number of nitro groups is 2. The number of nitriles is 1. The minimum atomic E-state index is -0.757. The highest BCUT2D eigenvalue weighted by Gasteiger charge is 2.15. The standard InChI is InChI=1S/C21H14N4O6/c1-13-9-17(25(29)30)5-7-19(13)20-8-6-18(31-20)10-14(12-22)21(26)23-15-3-2-4-16(11-15)24(27)28/h2-11H,1H3,(H,23,26)/b14-10+. The Morgan fingerprint density at radius 2 is 1.77 bits per heavy atom. The summed E-state index contributed by atoms with van der Waals surface area (Å²) < 4.78 is 5.67. The zero-order chi connectivity index (χ0) is 22.5. The van der Waals surface area contributed by atoms with Crippen LogP contribution < -0.4 is 5.32 Å². The summed E-state index contributed by atoms with van der Waals surface area (Å²) in [6.07, 6.45) is 1.23. The molecule has 0 spiro atoms. The predicted octanol–water partition coefficient (Wildman–Crippen LogP) is 4.62. The Labute approximate surface area is 175 Å². The number of nitro benzene ring substituents is 2. The lowest BCUT2D eigenvalue weighted by Crippen LogP contribution is -2.13. The summed E-state index contributed by atoms with van der Waals surface area (Å²) in [7, 11) is 0. The SMILES string of the molecule is Cc1cc([N+](=O)[O-])ccc1-c1ccc(/C=C(\C#N)C(=O)Nc2cccc([N+](=O)[O-])c2)o1. The van der Waals surface area contributed by atoms with Crippen LogP contribution in [0.4, 0.5) is 17.1 Å². The second kappa shape index (κ2) is 8.71. The zero-order valence-electron chi connectivity index (χ0n) is 16.1. The summed E-state index contributed by atoms with van der Waals surface area (Å²) in [4.78, 5) is 33.0. The summed E-state index contributed by atoms with van der Waals surface area (Å²) in [6, 6.07) is 14.6. The summed E-state index contributed by atoms with van der Waals surface area (Å²) in [5, 5.41) is 33.5. The molecule has 0 atom stereocenters.